The van der Waals surface area contributed by atoms with Crippen LogP contribution < -0.4 is 10.1 Å². The normalized spacial score (nSPS) is 17.4. The lowest BCUT2D eigenvalue weighted by molar-refractivity contribution is -0.192. The van der Waals surface area contributed by atoms with Crippen LogP contribution in [0.3, 0.4) is 0 Å². The topological polar surface area (TPSA) is 119 Å². The number of carboxylic acids is 1. The molecule has 1 unspecified atom stereocenters. The van der Waals surface area contributed by atoms with E-state index in [9.17, 15) is 18.0 Å². The molecule has 1 aliphatic rings. The number of benzene rings is 1. The highest BCUT2D eigenvalue weighted by Gasteiger charge is 2.38. The summed E-state index contributed by atoms with van der Waals surface area (Å²) < 4.78 is 38.7. The third-order valence-corrected chi connectivity index (χ3v) is 5.40. The van der Waals surface area contributed by atoms with E-state index in [0.717, 1.165) is 36.4 Å². The number of halogens is 3. The molecule has 0 aliphatic carbocycles. The zero-order valence-corrected chi connectivity index (χ0v) is 18.1. The van der Waals surface area contributed by atoms with Gasteiger partial charge in [0.2, 0.25) is 0 Å². The SMILES string of the molecule is COc1ccc(Cn2nnnc2/C=C2\CNCCC2SC(C)=O)cc1.O=C(O)C(F)(F)F. The minimum absolute atomic E-state index is 0.135. The molecule has 1 aliphatic heterocycles. The van der Waals surface area contributed by atoms with E-state index in [2.05, 4.69) is 20.8 Å². The highest BCUT2D eigenvalue weighted by molar-refractivity contribution is 8.14. The molecule has 1 saturated heterocycles. The summed E-state index contributed by atoms with van der Waals surface area (Å²) in [6.45, 7) is 3.85. The summed E-state index contributed by atoms with van der Waals surface area (Å²) in [4.78, 5) is 20.4. The number of thioether (sulfide) groups is 1. The monoisotopic (exact) mass is 473 g/mol. The van der Waals surface area contributed by atoms with Gasteiger partial charge >= 0.3 is 12.1 Å². The Morgan fingerprint density at radius 3 is 2.56 bits per heavy atom. The maximum atomic E-state index is 11.5. The average Bonchev–Trinajstić information content (AvgIpc) is 3.16. The summed E-state index contributed by atoms with van der Waals surface area (Å²) in [5.74, 6) is -1.24. The first-order valence-corrected chi connectivity index (χ1v) is 10.3. The number of carboxylic acid groups (broad SMARTS) is 1. The van der Waals surface area contributed by atoms with E-state index in [0.29, 0.717) is 12.4 Å². The summed E-state index contributed by atoms with van der Waals surface area (Å²) in [6.07, 6.45) is -2.16. The number of alkyl halides is 3. The first kappa shape index (κ1) is 25.3. The molecule has 32 heavy (non-hydrogen) atoms. The number of nitrogens with zero attached hydrogens (tertiary/aromatic N) is 4. The Kier molecular flexibility index (Phi) is 9.20. The molecule has 2 aromatic rings. The van der Waals surface area contributed by atoms with Crippen molar-refractivity contribution in [2.75, 3.05) is 20.2 Å². The molecular formula is C19H22F3N5O4S. The Balaban J connectivity index is 0.000000451. The van der Waals surface area contributed by atoms with Crippen LogP contribution in [-0.2, 0) is 16.1 Å². The molecule has 0 spiro atoms. The van der Waals surface area contributed by atoms with Gasteiger partial charge < -0.3 is 15.2 Å². The van der Waals surface area contributed by atoms with Crippen LogP contribution in [0.2, 0.25) is 0 Å². The van der Waals surface area contributed by atoms with Gasteiger partial charge in [-0.2, -0.15) is 13.2 Å². The van der Waals surface area contributed by atoms with E-state index in [1.54, 1.807) is 18.7 Å². The van der Waals surface area contributed by atoms with Crippen LogP contribution in [0.4, 0.5) is 13.2 Å². The molecule has 0 amide bonds. The molecule has 2 N–H and O–H groups in total. The molecular weight excluding hydrogens is 451 g/mol. The van der Waals surface area contributed by atoms with E-state index in [1.165, 1.54) is 11.8 Å². The lowest BCUT2D eigenvalue weighted by atomic mass is 10.1. The number of hydrogen-bond acceptors (Lipinski definition) is 8. The quantitative estimate of drug-likeness (QED) is 0.675. The third-order valence-electron chi connectivity index (χ3n) is 4.24. The van der Waals surface area contributed by atoms with Crippen LogP contribution in [0.25, 0.3) is 6.08 Å². The maximum absolute atomic E-state index is 11.5. The number of nitrogens with one attached hydrogen (secondary N) is 1. The first-order valence-electron chi connectivity index (χ1n) is 9.37. The zero-order valence-electron chi connectivity index (χ0n) is 17.3. The molecule has 1 fully saturated rings. The van der Waals surface area contributed by atoms with E-state index in [4.69, 9.17) is 14.6 Å². The van der Waals surface area contributed by atoms with Crippen LogP contribution in [0.1, 0.15) is 24.7 Å². The van der Waals surface area contributed by atoms with Gasteiger partial charge in [0, 0.05) is 18.7 Å². The van der Waals surface area contributed by atoms with Crippen molar-refractivity contribution in [1.82, 2.24) is 25.5 Å². The van der Waals surface area contributed by atoms with Crippen molar-refractivity contribution in [2.45, 2.75) is 31.3 Å². The summed E-state index contributed by atoms with van der Waals surface area (Å²) >= 11 is 1.38. The van der Waals surface area contributed by atoms with Crippen molar-refractivity contribution in [3.8, 4) is 5.75 Å². The van der Waals surface area contributed by atoms with Crippen LogP contribution in [0.5, 0.6) is 5.75 Å². The van der Waals surface area contributed by atoms with E-state index < -0.39 is 12.1 Å². The van der Waals surface area contributed by atoms with Gasteiger partial charge in [0.25, 0.3) is 0 Å². The summed E-state index contributed by atoms with van der Waals surface area (Å²) in [7, 11) is 1.65. The molecule has 174 valence electrons. The van der Waals surface area contributed by atoms with Gasteiger partial charge in [-0.05, 0) is 52.7 Å². The highest BCUT2D eigenvalue weighted by Crippen LogP contribution is 2.26. The number of aliphatic carboxylic acids is 1. The fourth-order valence-electron chi connectivity index (χ4n) is 2.74. The number of methoxy groups -OCH3 is 1. The van der Waals surface area contributed by atoms with Gasteiger partial charge in [-0.25, -0.2) is 9.48 Å². The van der Waals surface area contributed by atoms with E-state index in [1.807, 2.05) is 30.3 Å². The summed E-state index contributed by atoms with van der Waals surface area (Å²) in [5.41, 5.74) is 2.24. The predicted octanol–water partition coefficient (Wildman–Crippen LogP) is 2.39. The number of ether oxygens (including phenoxy) is 1. The van der Waals surface area contributed by atoms with Crippen LogP contribution in [0, 0.1) is 0 Å². The van der Waals surface area contributed by atoms with Gasteiger partial charge in [-0.15, -0.1) is 5.10 Å². The number of tetrazole rings is 1. The predicted molar refractivity (Wildman–Crippen MR) is 111 cm³/mol. The lowest BCUT2D eigenvalue weighted by Gasteiger charge is -2.24. The molecule has 0 radical (unpaired) electrons. The molecule has 1 aromatic heterocycles. The molecule has 2 heterocycles. The van der Waals surface area contributed by atoms with Crippen LogP contribution >= 0.6 is 11.8 Å². The van der Waals surface area contributed by atoms with Gasteiger partial charge in [-0.1, -0.05) is 23.9 Å². The van der Waals surface area contributed by atoms with Gasteiger partial charge in [-0.3, -0.25) is 4.79 Å². The van der Waals surface area contributed by atoms with Crippen molar-refractivity contribution in [3.05, 3.63) is 41.2 Å². The van der Waals surface area contributed by atoms with Gasteiger partial charge in [0.05, 0.1) is 13.7 Å². The first-order chi connectivity index (χ1) is 15.1. The fourth-order valence-corrected chi connectivity index (χ4v) is 3.68. The Labute approximate surface area is 186 Å². The number of carbonyl (C=O) groups excluding carboxylic acids is 1. The maximum Gasteiger partial charge on any atom is 0.490 e. The second kappa shape index (κ2) is 11.6. The minimum Gasteiger partial charge on any atom is -0.497 e. The van der Waals surface area contributed by atoms with E-state index >= 15 is 0 Å². The number of rotatable bonds is 5. The van der Waals surface area contributed by atoms with Crippen molar-refractivity contribution in [2.24, 2.45) is 0 Å². The Morgan fingerprint density at radius 1 is 1.34 bits per heavy atom. The standard InChI is InChI=1S/C17H21N5O2S.C2HF3O2/c1-12(23)25-16-7-8-18-10-14(16)9-17-19-20-21-22(17)11-13-3-5-15(24-2)6-4-13;3-2(4,5)1(6)7/h3-6,9,16,18H,7-8,10-11H2,1-2H3;(H,6,7)/b14-9+;. The number of hydrogen-bond donors (Lipinski definition) is 2. The summed E-state index contributed by atoms with van der Waals surface area (Å²) in [5, 5.41) is 22.8. The van der Waals surface area contributed by atoms with Gasteiger partial charge in [0.15, 0.2) is 10.9 Å². The minimum atomic E-state index is -5.08. The van der Waals surface area contributed by atoms with E-state index in [-0.39, 0.29) is 10.4 Å². The second-order valence-corrected chi connectivity index (χ2v) is 8.01. The molecule has 0 bridgehead atoms. The van der Waals surface area contributed by atoms with Crippen molar-refractivity contribution >= 4 is 28.9 Å². The Hall–Kier alpha value is -2.93. The Bertz CT molecular complexity index is 947. The van der Waals surface area contributed by atoms with Gasteiger partial charge in [0.1, 0.15) is 5.75 Å². The van der Waals surface area contributed by atoms with Crippen molar-refractivity contribution in [1.29, 1.82) is 0 Å². The largest absolute Gasteiger partial charge is 0.497 e. The average molecular weight is 473 g/mol. The number of aromatic nitrogens is 4. The molecule has 0 saturated carbocycles. The number of piperidine rings is 1. The molecule has 13 heteroatoms. The Morgan fingerprint density at radius 2 is 2.00 bits per heavy atom. The second-order valence-electron chi connectivity index (χ2n) is 6.63. The van der Waals surface area contributed by atoms with Crippen molar-refractivity contribution in [3.63, 3.8) is 0 Å². The molecule has 1 atom stereocenters. The fraction of sp³-hybridized carbons (Fsp3) is 0.421. The third kappa shape index (κ3) is 7.96. The van der Waals surface area contributed by atoms with Crippen LogP contribution in [0.15, 0.2) is 29.8 Å². The smallest absolute Gasteiger partial charge is 0.490 e. The molecule has 3 rings (SSSR count). The zero-order chi connectivity index (χ0) is 23.7. The van der Waals surface area contributed by atoms with Crippen LogP contribution in [-0.4, -0.2) is 68.0 Å². The molecule has 9 nitrogen and oxygen atoms in total. The molecule has 1 aromatic carbocycles. The summed E-state index contributed by atoms with van der Waals surface area (Å²) in [6, 6.07) is 7.83. The van der Waals surface area contributed by atoms with Crippen molar-refractivity contribution < 1.29 is 32.6 Å². The number of carbonyl (C=O) groups is 2. The highest BCUT2D eigenvalue weighted by atomic mass is 32.2. The lowest BCUT2D eigenvalue weighted by Crippen LogP contribution is -2.32.